The van der Waals surface area contributed by atoms with Gasteiger partial charge in [-0.1, -0.05) is 17.3 Å². The van der Waals surface area contributed by atoms with Gasteiger partial charge in [0, 0.05) is 30.5 Å². The molecular weight excluding hydrogens is 422 g/mol. The van der Waals surface area contributed by atoms with Gasteiger partial charge in [-0.25, -0.2) is 9.78 Å². The number of aliphatic carboxylic acids is 1. The molecule has 4 rings (SSSR count). The lowest BCUT2D eigenvalue weighted by atomic mass is 10.1. The zero-order valence-corrected chi connectivity index (χ0v) is 18.9. The summed E-state index contributed by atoms with van der Waals surface area (Å²) in [6.07, 6.45) is 3.74. The smallest absolute Gasteiger partial charge is 0.333 e. The van der Waals surface area contributed by atoms with Crippen LogP contribution in [0, 0.1) is 5.92 Å². The summed E-state index contributed by atoms with van der Waals surface area (Å²) in [5.41, 5.74) is 3.56. The first-order valence-electron chi connectivity index (χ1n) is 11.2. The molecule has 0 radical (unpaired) electrons. The summed E-state index contributed by atoms with van der Waals surface area (Å²) in [6, 6.07) is 13.6. The predicted octanol–water partition coefficient (Wildman–Crippen LogP) is 3.91. The van der Waals surface area contributed by atoms with Gasteiger partial charge in [-0.05, 0) is 55.7 Å². The molecule has 1 N–H and O–H groups in total. The van der Waals surface area contributed by atoms with E-state index in [-0.39, 0.29) is 0 Å². The molecule has 0 amide bonds. The van der Waals surface area contributed by atoms with E-state index in [2.05, 4.69) is 15.8 Å². The van der Waals surface area contributed by atoms with Gasteiger partial charge in [-0.2, -0.15) is 0 Å². The van der Waals surface area contributed by atoms with Crippen LogP contribution in [0.4, 0.5) is 0 Å². The second kappa shape index (κ2) is 10.5. The zero-order chi connectivity index (χ0) is 23.2. The van der Waals surface area contributed by atoms with Crippen LogP contribution >= 0.6 is 0 Å². The number of pyridine rings is 1. The van der Waals surface area contributed by atoms with E-state index in [4.69, 9.17) is 19.3 Å². The number of fused-ring (bicyclic) bond motifs is 1. The van der Waals surface area contributed by atoms with Crippen molar-refractivity contribution in [1.82, 2.24) is 9.55 Å². The van der Waals surface area contributed by atoms with E-state index in [1.54, 1.807) is 14.0 Å². The highest BCUT2D eigenvalue weighted by Gasteiger charge is 2.30. The number of carbonyl (C=O) groups is 1. The molecule has 174 valence electrons. The summed E-state index contributed by atoms with van der Waals surface area (Å²) >= 11 is 0. The summed E-state index contributed by atoms with van der Waals surface area (Å²) in [5, 5.41) is 14.5. The average Bonchev–Trinajstić information content (AvgIpc) is 3.58. The Morgan fingerprint density at radius 3 is 2.67 bits per heavy atom. The Hall–Kier alpha value is -3.39. The van der Waals surface area contributed by atoms with Crippen LogP contribution in [0.25, 0.3) is 11.0 Å². The zero-order valence-electron chi connectivity index (χ0n) is 18.9. The molecule has 1 aliphatic carbocycles. The molecule has 1 atom stereocenters. The normalized spacial score (nSPS) is 14.9. The van der Waals surface area contributed by atoms with Crippen molar-refractivity contribution in [2.45, 2.75) is 38.8 Å². The number of nitrogens with zero attached hydrogens (tertiary/aromatic N) is 3. The Bertz CT molecular complexity index is 1120. The van der Waals surface area contributed by atoms with Gasteiger partial charge in [0.15, 0.2) is 6.10 Å². The highest BCUT2D eigenvalue weighted by Crippen LogP contribution is 2.33. The van der Waals surface area contributed by atoms with Crippen molar-refractivity contribution >= 4 is 22.7 Å². The monoisotopic (exact) mass is 451 g/mol. The number of oxime groups is 1. The molecule has 1 aromatic carbocycles. The maximum Gasteiger partial charge on any atom is 0.333 e. The Kier molecular flexibility index (Phi) is 7.24. The molecule has 8 nitrogen and oxygen atoms in total. The molecule has 1 unspecified atom stereocenters. The summed E-state index contributed by atoms with van der Waals surface area (Å²) < 4.78 is 13.3. The molecule has 0 bridgehead atoms. The summed E-state index contributed by atoms with van der Waals surface area (Å²) in [7, 11) is 1.57. The van der Waals surface area contributed by atoms with Crippen LogP contribution in [0.15, 0.2) is 53.8 Å². The minimum absolute atomic E-state index is 0.321. The van der Waals surface area contributed by atoms with Crippen molar-refractivity contribution < 1.29 is 24.2 Å². The van der Waals surface area contributed by atoms with Crippen LogP contribution in [-0.2, 0) is 27.3 Å². The molecule has 2 aromatic heterocycles. The van der Waals surface area contributed by atoms with E-state index in [0.717, 1.165) is 46.6 Å². The minimum Gasteiger partial charge on any atom is -0.492 e. The lowest BCUT2D eigenvalue weighted by molar-refractivity contribution is -0.149. The number of rotatable bonds is 12. The maximum atomic E-state index is 11.3. The number of hydrogen-bond acceptors (Lipinski definition) is 6. The van der Waals surface area contributed by atoms with Gasteiger partial charge in [0.2, 0.25) is 0 Å². The first-order chi connectivity index (χ1) is 16.1. The molecule has 1 aliphatic rings. The number of carboxylic acids is 1. The van der Waals surface area contributed by atoms with E-state index < -0.39 is 12.1 Å². The third-order valence-corrected chi connectivity index (χ3v) is 5.62. The van der Waals surface area contributed by atoms with Gasteiger partial charge >= 0.3 is 5.97 Å². The largest absolute Gasteiger partial charge is 0.492 e. The molecular formula is C25H29N3O5. The summed E-state index contributed by atoms with van der Waals surface area (Å²) in [5.74, 6) is 0.213. The molecule has 3 aromatic rings. The second-order valence-corrected chi connectivity index (χ2v) is 8.03. The van der Waals surface area contributed by atoms with Crippen LogP contribution < -0.4 is 4.74 Å². The van der Waals surface area contributed by atoms with E-state index in [1.807, 2.05) is 42.6 Å². The minimum atomic E-state index is -0.953. The van der Waals surface area contributed by atoms with Gasteiger partial charge in [0.05, 0.1) is 12.2 Å². The molecule has 0 saturated heterocycles. The topological polar surface area (TPSA) is 95.2 Å². The second-order valence-electron chi connectivity index (χ2n) is 8.03. The Morgan fingerprint density at radius 2 is 2.00 bits per heavy atom. The fraction of sp³-hybridized carbons (Fsp3) is 0.400. The van der Waals surface area contributed by atoms with Crippen LogP contribution in [0.3, 0.4) is 0 Å². The fourth-order valence-corrected chi connectivity index (χ4v) is 3.79. The molecule has 2 heterocycles. The van der Waals surface area contributed by atoms with Crippen molar-refractivity contribution in [3.05, 3.63) is 59.9 Å². The van der Waals surface area contributed by atoms with Crippen molar-refractivity contribution in [3.8, 4) is 5.75 Å². The van der Waals surface area contributed by atoms with E-state index >= 15 is 0 Å². The van der Waals surface area contributed by atoms with Gasteiger partial charge < -0.3 is 24.0 Å². The number of benzene rings is 1. The van der Waals surface area contributed by atoms with Crippen molar-refractivity contribution in [3.63, 3.8) is 0 Å². The average molecular weight is 452 g/mol. The van der Waals surface area contributed by atoms with Crippen molar-refractivity contribution in [2.75, 3.05) is 20.3 Å². The Morgan fingerprint density at radius 1 is 1.21 bits per heavy atom. The maximum absolute atomic E-state index is 11.3. The number of ether oxygens (including phenoxy) is 2. The highest BCUT2D eigenvalue weighted by molar-refractivity contribution is 6.03. The van der Waals surface area contributed by atoms with Crippen LogP contribution in [0.1, 0.15) is 31.0 Å². The fourth-order valence-electron chi connectivity index (χ4n) is 3.79. The quantitative estimate of drug-likeness (QED) is 0.331. The van der Waals surface area contributed by atoms with Gasteiger partial charge in [0.1, 0.15) is 30.8 Å². The van der Waals surface area contributed by atoms with Gasteiger partial charge in [0.25, 0.3) is 0 Å². The van der Waals surface area contributed by atoms with E-state index in [0.29, 0.717) is 32.1 Å². The van der Waals surface area contributed by atoms with Crippen LogP contribution in [0.2, 0.25) is 0 Å². The molecule has 0 spiro atoms. The number of aromatic nitrogens is 2. The Labute approximate surface area is 192 Å². The Balaban J connectivity index is 1.37. The lowest BCUT2D eigenvalue weighted by Crippen LogP contribution is -2.26. The summed E-state index contributed by atoms with van der Waals surface area (Å²) in [6.45, 7) is 3.28. The third kappa shape index (κ3) is 5.70. The van der Waals surface area contributed by atoms with E-state index in [1.165, 1.54) is 0 Å². The lowest BCUT2D eigenvalue weighted by Gasteiger charge is -2.13. The van der Waals surface area contributed by atoms with Gasteiger partial charge in [-0.3, -0.25) is 0 Å². The first-order valence-corrected chi connectivity index (χ1v) is 11.2. The van der Waals surface area contributed by atoms with E-state index in [9.17, 15) is 9.90 Å². The predicted molar refractivity (Wildman–Crippen MR) is 125 cm³/mol. The molecule has 33 heavy (non-hydrogen) atoms. The third-order valence-electron chi connectivity index (χ3n) is 5.62. The number of carboxylic acid groups (broad SMARTS) is 1. The first kappa shape index (κ1) is 22.8. The van der Waals surface area contributed by atoms with Crippen molar-refractivity contribution in [2.24, 2.45) is 11.1 Å². The standard InChI is InChI=1S/C25H29N3O5/c1-3-32-22(25(29)30)16-17-4-9-20(10-5-17)33-15-14-28-13-12-19-8-11-21(26-24(19)28)23(27-31-2)18-6-7-18/h4-5,8-13,18,22H,3,6-7,14-16H2,1-2H3,(H,29,30)/b27-23+. The van der Waals surface area contributed by atoms with Crippen LogP contribution in [0.5, 0.6) is 5.75 Å². The SMILES string of the molecule is CCOC(Cc1ccc(OCCn2ccc3ccc(/C(=N/OC)C4CC4)nc32)cc1)C(=O)O. The molecule has 8 heteroatoms. The highest BCUT2D eigenvalue weighted by atomic mass is 16.6. The van der Waals surface area contributed by atoms with Gasteiger partial charge in [-0.15, -0.1) is 0 Å². The van der Waals surface area contributed by atoms with Crippen LogP contribution in [-0.4, -0.2) is 52.8 Å². The molecule has 0 aliphatic heterocycles. The van der Waals surface area contributed by atoms with Crippen molar-refractivity contribution in [1.29, 1.82) is 0 Å². The summed E-state index contributed by atoms with van der Waals surface area (Å²) in [4.78, 5) is 21.1. The molecule has 1 fully saturated rings. The molecule has 1 saturated carbocycles. The number of hydrogen-bond donors (Lipinski definition) is 1.